The van der Waals surface area contributed by atoms with E-state index in [1.807, 2.05) is 4.90 Å². The number of nitro benzene ring substituents is 1. The number of aryl methyl sites for hydroxylation is 2. The molecule has 0 spiro atoms. The highest BCUT2D eigenvalue weighted by atomic mass is 32.2. The number of anilines is 1. The van der Waals surface area contributed by atoms with E-state index < -0.39 is 14.9 Å². The fourth-order valence-electron chi connectivity index (χ4n) is 4.74. The second kappa shape index (κ2) is 9.71. The molecule has 0 bridgehead atoms. The minimum absolute atomic E-state index is 0.0889. The van der Waals surface area contributed by atoms with E-state index >= 15 is 0 Å². The number of hydrogen-bond acceptors (Lipinski definition) is 6. The van der Waals surface area contributed by atoms with Gasteiger partial charge in [0.1, 0.15) is 0 Å². The maximum absolute atomic E-state index is 13.1. The quantitative estimate of drug-likeness (QED) is 0.475. The van der Waals surface area contributed by atoms with E-state index in [-0.39, 0.29) is 35.5 Å². The first-order chi connectivity index (χ1) is 16.2. The van der Waals surface area contributed by atoms with Crippen LogP contribution >= 0.6 is 0 Å². The number of benzene rings is 2. The Morgan fingerprint density at radius 3 is 2.29 bits per heavy atom. The highest BCUT2D eigenvalue weighted by molar-refractivity contribution is 7.89. The molecule has 0 unspecified atom stereocenters. The molecule has 0 N–H and O–H groups in total. The van der Waals surface area contributed by atoms with Crippen LogP contribution < -0.4 is 4.90 Å². The fraction of sp³-hybridized carbons (Fsp3) is 0.458. The third-order valence-electron chi connectivity index (χ3n) is 6.77. The van der Waals surface area contributed by atoms with Crippen LogP contribution in [-0.4, -0.2) is 67.7 Å². The molecule has 2 saturated heterocycles. The lowest BCUT2D eigenvalue weighted by atomic mass is 9.96. The summed E-state index contributed by atoms with van der Waals surface area (Å²) in [7, 11) is -3.84. The van der Waals surface area contributed by atoms with Crippen molar-refractivity contribution in [1.29, 1.82) is 0 Å². The molecule has 2 heterocycles. The number of amides is 1. The molecule has 0 radical (unpaired) electrons. The number of sulfonamides is 1. The molecule has 0 aliphatic carbocycles. The maximum Gasteiger partial charge on any atom is 0.270 e. The van der Waals surface area contributed by atoms with Crippen LogP contribution in [0.4, 0.5) is 11.4 Å². The predicted molar refractivity (Wildman–Crippen MR) is 129 cm³/mol. The van der Waals surface area contributed by atoms with Crippen molar-refractivity contribution in [1.82, 2.24) is 9.21 Å². The minimum atomic E-state index is -3.84. The molecule has 2 aliphatic heterocycles. The maximum atomic E-state index is 13.1. The summed E-state index contributed by atoms with van der Waals surface area (Å²) in [5, 5.41) is 11.0. The number of piperidine rings is 1. The van der Waals surface area contributed by atoms with Crippen LogP contribution in [0.5, 0.6) is 0 Å². The van der Waals surface area contributed by atoms with Gasteiger partial charge in [-0.3, -0.25) is 14.9 Å². The van der Waals surface area contributed by atoms with Crippen molar-refractivity contribution < 1.29 is 18.1 Å². The van der Waals surface area contributed by atoms with Crippen LogP contribution in [0.3, 0.4) is 0 Å². The molecule has 2 aromatic carbocycles. The molecular weight excluding hydrogens is 456 g/mol. The van der Waals surface area contributed by atoms with E-state index in [1.54, 1.807) is 0 Å². The normalized spacial score (nSPS) is 18.2. The van der Waals surface area contributed by atoms with Crippen LogP contribution in [-0.2, 0) is 14.8 Å². The molecule has 0 atom stereocenters. The van der Waals surface area contributed by atoms with Gasteiger partial charge in [0.15, 0.2) is 0 Å². The molecule has 9 nitrogen and oxygen atoms in total. The Labute approximate surface area is 200 Å². The number of nitro groups is 1. The largest absolute Gasteiger partial charge is 0.368 e. The van der Waals surface area contributed by atoms with E-state index in [2.05, 4.69) is 36.9 Å². The van der Waals surface area contributed by atoms with Crippen molar-refractivity contribution in [2.24, 2.45) is 5.92 Å². The monoisotopic (exact) mass is 486 g/mol. The van der Waals surface area contributed by atoms with Crippen LogP contribution in [0, 0.1) is 29.9 Å². The van der Waals surface area contributed by atoms with Crippen LogP contribution in [0.1, 0.15) is 24.0 Å². The second-order valence-electron chi connectivity index (χ2n) is 9.04. The van der Waals surface area contributed by atoms with Crippen molar-refractivity contribution >= 4 is 27.3 Å². The minimum Gasteiger partial charge on any atom is -0.368 e. The first-order valence-electron chi connectivity index (χ1n) is 11.5. The summed E-state index contributed by atoms with van der Waals surface area (Å²) in [6.07, 6.45) is 0.897. The standard InChI is InChI=1S/C24H30N4O5S/c1-18-6-7-19(2)23(16-18)25-12-14-26(15-13-25)24(29)20-8-10-27(11-9-20)34(32,33)22-5-3-4-21(17-22)28(30)31/h3-7,16-17,20H,8-15H2,1-2H3. The van der Waals surface area contributed by atoms with Crippen molar-refractivity contribution in [3.63, 3.8) is 0 Å². The Kier molecular flexibility index (Phi) is 6.90. The van der Waals surface area contributed by atoms with Gasteiger partial charge in [0.25, 0.3) is 5.69 Å². The Morgan fingerprint density at radius 2 is 1.65 bits per heavy atom. The summed E-state index contributed by atoms with van der Waals surface area (Å²) < 4.78 is 27.3. The molecule has 4 rings (SSSR count). The van der Waals surface area contributed by atoms with Crippen molar-refractivity contribution in [2.75, 3.05) is 44.2 Å². The number of non-ortho nitro benzene ring substituents is 1. The van der Waals surface area contributed by atoms with E-state index in [1.165, 1.54) is 39.3 Å². The Bertz CT molecular complexity index is 1180. The average Bonchev–Trinajstić information content (AvgIpc) is 2.85. The molecule has 10 heteroatoms. The van der Waals surface area contributed by atoms with Gasteiger partial charge in [-0.1, -0.05) is 18.2 Å². The number of rotatable bonds is 5. The summed E-state index contributed by atoms with van der Waals surface area (Å²) in [6, 6.07) is 11.5. The summed E-state index contributed by atoms with van der Waals surface area (Å²) in [6.45, 7) is 7.48. The van der Waals surface area contributed by atoms with Crippen molar-refractivity contribution in [2.45, 2.75) is 31.6 Å². The summed E-state index contributed by atoms with van der Waals surface area (Å²) >= 11 is 0. The highest BCUT2D eigenvalue weighted by Crippen LogP contribution is 2.28. The van der Waals surface area contributed by atoms with Gasteiger partial charge in [-0.2, -0.15) is 4.31 Å². The van der Waals surface area contributed by atoms with Gasteiger partial charge in [0.05, 0.1) is 9.82 Å². The van der Waals surface area contributed by atoms with Crippen molar-refractivity contribution in [3.05, 3.63) is 63.7 Å². The lowest BCUT2D eigenvalue weighted by Crippen LogP contribution is -2.52. The first kappa shape index (κ1) is 24.2. The van der Waals surface area contributed by atoms with E-state index in [0.717, 1.165) is 19.2 Å². The van der Waals surface area contributed by atoms with Crippen LogP contribution in [0.25, 0.3) is 0 Å². The topological polar surface area (TPSA) is 104 Å². The van der Waals surface area contributed by atoms with Crippen molar-refractivity contribution in [3.8, 4) is 0 Å². The number of piperazine rings is 1. The number of nitrogens with zero attached hydrogens (tertiary/aromatic N) is 4. The van der Waals surface area contributed by atoms with Gasteiger partial charge in [0, 0.05) is 63.0 Å². The van der Waals surface area contributed by atoms with Crippen LogP contribution in [0.2, 0.25) is 0 Å². The fourth-order valence-corrected chi connectivity index (χ4v) is 6.25. The predicted octanol–water partition coefficient (Wildman–Crippen LogP) is 2.96. The van der Waals surface area contributed by atoms with Gasteiger partial charge in [-0.25, -0.2) is 8.42 Å². The molecule has 1 amide bonds. The number of carbonyl (C=O) groups excluding carboxylic acids is 1. The smallest absolute Gasteiger partial charge is 0.270 e. The second-order valence-corrected chi connectivity index (χ2v) is 11.0. The Hall–Kier alpha value is -2.98. The zero-order valence-electron chi connectivity index (χ0n) is 19.5. The van der Waals surface area contributed by atoms with E-state index in [0.29, 0.717) is 25.9 Å². The summed E-state index contributed by atoms with van der Waals surface area (Å²) in [5.41, 5.74) is 3.39. The summed E-state index contributed by atoms with van der Waals surface area (Å²) in [5.74, 6) is -0.114. The SMILES string of the molecule is Cc1ccc(C)c(N2CCN(C(=O)C3CCN(S(=O)(=O)c4cccc([N+](=O)[O-])c4)CC3)CC2)c1. The third kappa shape index (κ3) is 4.92. The van der Waals surface area contributed by atoms with Crippen LogP contribution in [0.15, 0.2) is 47.4 Å². The van der Waals surface area contributed by atoms with Gasteiger partial charge in [-0.15, -0.1) is 0 Å². The summed E-state index contributed by atoms with van der Waals surface area (Å²) in [4.78, 5) is 27.7. The van der Waals surface area contributed by atoms with Gasteiger partial charge < -0.3 is 9.80 Å². The third-order valence-corrected chi connectivity index (χ3v) is 8.66. The molecule has 0 saturated carbocycles. The molecule has 2 fully saturated rings. The lowest BCUT2D eigenvalue weighted by Gasteiger charge is -2.39. The number of carbonyl (C=O) groups is 1. The first-order valence-corrected chi connectivity index (χ1v) is 13.0. The average molecular weight is 487 g/mol. The Morgan fingerprint density at radius 1 is 0.971 bits per heavy atom. The zero-order chi connectivity index (χ0) is 24.5. The van der Waals surface area contributed by atoms with E-state index in [9.17, 15) is 23.3 Å². The molecular formula is C24H30N4O5S. The molecule has 2 aliphatic rings. The van der Waals surface area contributed by atoms with E-state index in [4.69, 9.17) is 0 Å². The molecule has 34 heavy (non-hydrogen) atoms. The highest BCUT2D eigenvalue weighted by Gasteiger charge is 2.35. The lowest BCUT2D eigenvalue weighted by molar-refractivity contribution is -0.385. The zero-order valence-corrected chi connectivity index (χ0v) is 20.3. The van der Waals surface area contributed by atoms with Gasteiger partial charge in [-0.05, 0) is 49.9 Å². The molecule has 182 valence electrons. The van der Waals surface area contributed by atoms with Gasteiger partial charge in [0.2, 0.25) is 15.9 Å². The number of hydrogen-bond donors (Lipinski definition) is 0. The Balaban J connectivity index is 1.34. The van der Waals surface area contributed by atoms with Gasteiger partial charge >= 0.3 is 0 Å². The molecule has 0 aromatic heterocycles. The molecule has 2 aromatic rings.